The summed E-state index contributed by atoms with van der Waals surface area (Å²) in [6.45, 7) is 1.60. The topological polar surface area (TPSA) is 106 Å². The van der Waals surface area contributed by atoms with E-state index in [1.807, 2.05) is 0 Å². The summed E-state index contributed by atoms with van der Waals surface area (Å²) in [5.41, 5.74) is 0.565. The minimum atomic E-state index is -1.20. The van der Waals surface area contributed by atoms with E-state index in [0.717, 1.165) is 6.20 Å². The molecule has 0 spiro atoms. The Morgan fingerprint density at radius 2 is 2.22 bits per heavy atom. The lowest BCUT2D eigenvalue weighted by Crippen LogP contribution is -1.97. The van der Waals surface area contributed by atoms with Crippen molar-refractivity contribution in [2.24, 2.45) is 0 Å². The Labute approximate surface area is 101 Å². The maximum Gasteiger partial charge on any atom is 0.341 e. The average molecular weight is 248 g/mol. The lowest BCUT2D eigenvalue weighted by atomic mass is 10.1. The van der Waals surface area contributed by atoms with Gasteiger partial charge in [0.05, 0.1) is 11.1 Å². The minimum absolute atomic E-state index is 0.00519. The molecule has 92 valence electrons. The number of nitro benzene ring substituents is 1. The summed E-state index contributed by atoms with van der Waals surface area (Å²) in [5, 5.41) is 23.1. The maximum absolute atomic E-state index is 10.9. The summed E-state index contributed by atoms with van der Waals surface area (Å²) in [4.78, 5) is 21.2. The van der Waals surface area contributed by atoms with Gasteiger partial charge in [-0.05, 0) is 6.92 Å². The zero-order valence-corrected chi connectivity index (χ0v) is 9.28. The van der Waals surface area contributed by atoms with E-state index in [2.05, 4.69) is 5.16 Å². The molecular formula is C11H8N2O5. The molecule has 1 aromatic carbocycles. The maximum atomic E-state index is 10.9. The number of aromatic nitrogens is 1. The molecule has 0 amide bonds. The number of aromatic carboxylic acids is 1. The second-order valence-electron chi connectivity index (χ2n) is 3.63. The van der Waals surface area contributed by atoms with Crippen LogP contribution in [-0.4, -0.2) is 21.2 Å². The van der Waals surface area contributed by atoms with Crippen LogP contribution in [0.4, 0.5) is 5.69 Å². The van der Waals surface area contributed by atoms with Crippen LogP contribution in [0, 0.1) is 17.0 Å². The van der Waals surface area contributed by atoms with Crippen LogP contribution >= 0.6 is 0 Å². The van der Waals surface area contributed by atoms with E-state index < -0.39 is 10.9 Å². The first-order valence-corrected chi connectivity index (χ1v) is 4.94. The fraction of sp³-hybridized carbons (Fsp3) is 0.0909. The van der Waals surface area contributed by atoms with Crippen molar-refractivity contribution in [2.75, 3.05) is 0 Å². The summed E-state index contributed by atoms with van der Waals surface area (Å²) >= 11 is 0. The predicted molar refractivity (Wildman–Crippen MR) is 60.3 cm³/mol. The highest BCUT2D eigenvalue weighted by Crippen LogP contribution is 2.29. The SMILES string of the molecule is Cc1ccc(-c2oncc2C(=O)O)cc1[N+](=O)[O-]. The van der Waals surface area contributed by atoms with Crippen molar-refractivity contribution in [2.45, 2.75) is 6.92 Å². The van der Waals surface area contributed by atoms with E-state index in [1.165, 1.54) is 12.1 Å². The van der Waals surface area contributed by atoms with Gasteiger partial charge in [-0.3, -0.25) is 10.1 Å². The van der Waals surface area contributed by atoms with Gasteiger partial charge in [0, 0.05) is 17.2 Å². The Morgan fingerprint density at radius 1 is 1.50 bits per heavy atom. The van der Waals surface area contributed by atoms with Crippen molar-refractivity contribution in [1.29, 1.82) is 0 Å². The fourth-order valence-electron chi connectivity index (χ4n) is 1.55. The molecule has 0 unspecified atom stereocenters. The van der Waals surface area contributed by atoms with Crippen LogP contribution < -0.4 is 0 Å². The van der Waals surface area contributed by atoms with Gasteiger partial charge in [-0.1, -0.05) is 17.3 Å². The molecule has 1 aromatic heterocycles. The minimum Gasteiger partial charge on any atom is -0.477 e. The molecule has 0 saturated carbocycles. The fourth-order valence-corrected chi connectivity index (χ4v) is 1.55. The lowest BCUT2D eigenvalue weighted by Gasteiger charge is -2.00. The average Bonchev–Trinajstić information content (AvgIpc) is 2.78. The van der Waals surface area contributed by atoms with Gasteiger partial charge in [-0.15, -0.1) is 0 Å². The third-order valence-electron chi connectivity index (χ3n) is 2.47. The molecule has 18 heavy (non-hydrogen) atoms. The second kappa shape index (κ2) is 4.28. The van der Waals surface area contributed by atoms with Crippen LogP contribution in [0.3, 0.4) is 0 Å². The first-order valence-electron chi connectivity index (χ1n) is 4.94. The van der Waals surface area contributed by atoms with E-state index in [4.69, 9.17) is 9.63 Å². The Hall–Kier alpha value is -2.70. The molecule has 7 heteroatoms. The Morgan fingerprint density at radius 3 is 2.83 bits per heavy atom. The summed E-state index contributed by atoms with van der Waals surface area (Å²) in [7, 11) is 0. The largest absolute Gasteiger partial charge is 0.477 e. The first-order chi connectivity index (χ1) is 8.50. The van der Waals surface area contributed by atoms with Crippen LogP contribution in [0.15, 0.2) is 28.9 Å². The van der Waals surface area contributed by atoms with Crippen molar-refractivity contribution in [3.8, 4) is 11.3 Å². The molecule has 1 N–H and O–H groups in total. The van der Waals surface area contributed by atoms with Crippen molar-refractivity contribution < 1.29 is 19.3 Å². The summed E-state index contributed by atoms with van der Waals surface area (Å²) in [5.74, 6) is -1.19. The van der Waals surface area contributed by atoms with E-state index in [-0.39, 0.29) is 17.0 Å². The number of nitrogens with zero attached hydrogens (tertiary/aromatic N) is 2. The number of aryl methyl sites for hydroxylation is 1. The third-order valence-corrected chi connectivity index (χ3v) is 2.47. The summed E-state index contributed by atoms with van der Waals surface area (Å²) < 4.78 is 4.83. The highest BCUT2D eigenvalue weighted by Gasteiger charge is 2.20. The Kier molecular flexibility index (Phi) is 2.80. The van der Waals surface area contributed by atoms with Crippen LogP contribution in [0.25, 0.3) is 11.3 Å². The van der Waals surface area contributed by atoms with Gasteiger partial charge in [0.1, 0.15) is 5.56 Å². The van der Waals surface area contributed by atoms with Crippen LogP contribution in [0.1, 0.15) is 15.9 Å². The van der Waals surface area contributed by atoms with Crippen LogP contribution in [0.5, 0.6) is 0 Å². The number of carboxylic acids is 1. The molecule has 0 aliphatic carbocycles. The van der Waals surface area contributed by atoms with Gasteiger partial charge in [0.25, 0.3) is 5.69 Å². The number of rotatable bonds is 3. The van der Waals surface area contributed by atoms with Gasteiger partial charge in [-0.2, -0.15) is 0 Å². The normalized spacial score (nSPS) is 10.3. The number of benzene rings is 1. The van der Waals surface area contributed by atoms with Gasteiger partial charge >= 0.3 is 5.97 Å². The van der Waals surface area contributed by atoms with Crippen molar-refractivity contribution in [1.82, 2.24) is 5.16 Å². The monoisotopic (exact) mass is 248 g/mol. The summed E-state index contributed by atoms with van der Waals surface area (Å²) in [6, 6.07) is 4.35. The molecular weight excluding hydrogens is 240 g/mol. The zero-order valence-electron chi connectivity index (χ0n) is 9.28. The highest BCUT2D eigenvalue weighted by atomic mass is 16.6. The van der Waals surface area contributed by atoms with Crippen LogP contribution in [0.2, 0.25) is 0 Å². The summed E-state index contributed by atoms with van der Waals surface area (Å²) in [6.07, 6.45) is 1.06. The molecule has 0 aliphatic rings. The van der Waals surface area contributed by atoms with Crippen LogP contribution in [-0.2, 0) is 0 Å². The van der Waals surface area contributed by atoms with Gasteiger partial charge in [0.15, 0.2) is 5.76 Å². The van der Waals surface area contributed by atoms with Gasteiger partial charge < -0.3 is 9.63 Å². The molecule has 0 radical (unpaired) electrons. The Bertz CT molecular complexity index is 632. The number of hydrogen-bond donors (Lipinski definition) is 1. The molecule has 2 aromatic rings. The number of carboxylic acid groups (broad SMARTS) is 1. The number of hydrogen-bond acceptors (Lipinski definition) is 5. The third kappa shape index (κ3) is 1.93. The van der Waals surface area contributed by atoms with Crippen molar-refractivity contribution >= 4 is 11.7 Å². The highest BCUT2D eigenvalue weighted by molar-refractivity contribution is 5.94. The molecule has 0 atom stereocenters. The van der Waals surface area contributed by atoms with Gasteiger partial charge in [0.2, 0.25) is 0 Å². The number of carbonyl (C=O) groups is 1. The van der Waals surface area contributed by atoms with Crippen molar-refractivity contribution in [3.63, 3.8) is 0 Å². The number of nitro groups is 1. The molecule has 0 aliphatic heterocycles. The molecule has 0 bridgehead atoms. The molecule has 0 saturated heterocycles. The van der Waals surface area contributed by atoms with E-state index in [1.54, 1.807) is 13.0 Å². The first kappa shape index (κ1) is 11.8. The predicted octanol–water partition coefficient (Wildman–Crippen LogP) is 2.26. The Balaban J connectivity index is 2.58. The molecule has 2 rings (SSSR count). The smallest absolute Gasteiger partial charge is 0.341 e. The molecule has 7 nitrogen and oxygen atoms in total. The van der Waals surface area contributed by atoms with E-state index >= 15 is 0 Å². The molecule has 0 fully saturated rings. The second-order valence-corrected chi connectivity index (χ2v) is 3.63. The quantitative estimate of drug-likeness (QED) is 0.659. The standard InChI is InChI=1S/C11H8N2O5/c1-6-2-3-7(4-9(6)13(16)17)10-8(11(14)15)5-12-18-10/h2-5H,1H3,(H,14,15). The van der Waals surface area contributed by atoms with E-state index in [0.29, 0.717) is 11.1 Å². The van der Waals surface area contributed by atoms with Crippen molar-refractivity contribution in [3.05, 3.63) is 45.6 Å². The van der Waals surface area contributed by atoms with E-state index in [9.17, 15) is 14.9 Å². The molecule has 1 heterocycles. The zero-order chi connectivity index (χ0) is 13.3. The lowest BCUT2D eigenvalue weighted by molar-refractivity contribution is -0.385. The van der Waals surface area contributed by atoms with Gasteiger partial charge in [-0.25, -0.2) is 4.79 Å².